The fourth-order valence-corrected chi connectivity index (χ4v) is 2.46. The van der Waals surface area contributed by atoms with Crippen LogP contribution < -0.4 is 5.32 Å². The number of fused-ring (bicyclic) bond motifs is 2. The van der Waals surface area contributed by atoms with E-state index in [2.05, 4.69) is 5.32 Å². The highest BCUT2D eigenvalue weighted by molar-refractivity contribution is 5.85. The average molecular weight is 206 g/mol. The number of hydrogen-bond donors (Lipinski definition) is 1. The van der Waals surface area contributed by atoms with Gasteiger partial charge in [-0.25, -0.2) is 0 Å². The van der Waals surface area contributed by atoms with Crippen LogP contribution in [-0.4, -0.2) is 25.7 Å². The van der Waals surface area contributed by atoms with Crippen LogP contribution in [0.5, 0.6) is 0 Å². The molecule has 0 amide bonds. The summed E-state index contributed by atoms with van der Waals surface area (Å²) >= 11 is 0. The van der Waals surface area contributed by atoms with E-state index in [0.29, 0.717) is 12.0 Å². The van der Waals surface area contributed by atoms with Crippen LogP contribution in [0, 0.1) is 11.8 Å². The Kier molecular flexibility index (Phi) is 3.56. The Hall–Kier alpha value is -0.280. The first-order valence-corrected chi connectivity index (χ1v) is 4.61. The highest BCUT2D eigenvalue weighted by Gasteiger charge is 2.37. The summed E-state index contributed by atoms with van der Waals surface area (Å²) in [4.78, 5) is 11.2. The van der Waals surface area contributed by atoms with Crippen LogP contribution >= 0.6 is 12.4 Å². The molecular weight excluding hydrogens is 190 g/mol. The molecular formula is C9H16ClNO2. The molecule has 2 rings (SSSR count). The summed E-state index contributed by atoms with van der Waals surface area (Å²) in [6.45, 7) is 1.10. The van der Waals surface area contributed by atoms with Crippen LogP contribution in [0.3, 0.4) is 0 Å². The van der Waals surface area contributed by atoms with Crippen LogP contribution in [-0.2, 0) is 9.53 Å². The van der Waals surface area contributed by atoms with Crippen molar-refractivity contribution >= 4 is 18.4 Å². The molecule has 2 aliphatic rings. The van der Waals surface area contributed by atoms with Crippen LogP contribution in [0.15, 0.2) is 0 Å². The Bertz CT molecular complexity index is 186. The van der Waals surface area contributed by atoms with Crippen molar-refractivity contribution in [1.82, 2.24) is 5.32 Å². The van der Waals surface area contributed by atoms with Gasteiger partial charge in [0.15, 0.2) is 0 Å². The van der Waals surface area contributed by atoms with Crippen molar-refractivity contribution in [2.24, 2.45) is 11.8 Å². The van der Waals surface area contributed by atoms with E-state index >= 15 is 0 Å². The molecule has 3 atom stereocenters. The van der Waals surface area contributed by atoms with Crippen molar-refractivity contribution in [3.05, 3.63) is 0 Å². The molecule has 0 unspecified atom stereocenters. The standard InChI is InChI=1S/C9H15NO2.ClH/c1-12-9(11)7-2-6-3-8(4-7)10-5-6;/h6-8,10H,2-5H2,1H3;1H/t6-,7-,8-;/m1./s1. The molecule has 13 heavy (non-hydrogen) atoms. The SMILES string of the molecule is COC(=O)[C@@H]1C[C@H]2CN[C@H](C2)C1.Cl. The minimum atomic E-state index is -0.0200. The van der Waals surface area contributed by atoms with Crippen molar-refractivity contribution < 1.29 is 9.53 Å². The molecule has 2 bridgehead atoms. The van der Waals surface area contributed by atoms with E-state index < -0.39 is 0 Å². The normalized spacial score (nSPS) is 36.5. The summed E-state index contributed by atoms with van der Waals surface area (Å²) in [5.41, 5.74) is 0. The molecule has 1 heterocycles. The summed E-state index contributed by atoms with van der Waals surface area (Å²) in [5.74, 6) is 0.856. The zero-order chi connectivity index (χ0) is 8.55. The quantitative estimate of drug-likeness (QED) is 0.649. The van der Waals surface area contributed by atoms with Gasteiger partial charge in [0.1, 0.15) is 0 Å². The van der Waals surface area contributed by atoms with Crippen molar-refractivity contribution in [3.8, 4) is 0 Å². The van der Waals surface area contributed by atoms with E-state index in [4.69, 9.17) is 4.74 Å². The second-order valence-corrected chi connectivity index (χ2v) is 3.90. The molecule has 1 N–H and O–H groups in total. The molecule has 0 aromatic carbocycles. The number of ether oxygens (including phenoxy) is 1. The molecule has 1 aliphatic carbocycles. The molecule has 4 heteroatoms. The molecule has 3 nitrogen and oxygen atoms in total. The summed E-state index contributed by atoms with van der Waals surface area (Å²) in [5, 5.41) is 3.42. The number of esters is 1. The second-order valence-electron chi connectivity index (χ2n) is 3.90. The van der Waals surface area contributed by atoms with Gasteiger partial charge in [-0.05, 0) is 31.7 Å². The number of halogens is 1. The van der Waals surface area contributed by atoms with Crippen LogP contribution in [0.2, 0.25) is 0 Å². The van der Waals surface area contributed by atoms with E-state index in [1.54, 1.807) is 0 Å². The van der Waals surface area contributed by atoms with Crippen molar-refractivity contribution in [2.45, 2.75) is 25.3 Å². The molecule has 76 valence electrons. The highest BCUT2D eigenvalue weighted by atomic mass is 35.5. The molecule has 0 spiro atoms. The number of hydrogen-bond acceptors (Lipinski definition) is 3. The zero-order valence-electron chi connectivity index (χ0n) is 7.79. The maximum absolute atomic E-state index is 11.2. The number of methoxy groups -OCH3 is 1. The Morgan fingerprint density at radius 1 is 1.38 bits per heavy atom. The van der Waals surface area contributed by atoms with E-state index in [1.165, 1.54) is 13.5 Å². The number of carbonyl (C=O) groups is 1. The van der Waals surface area contributed by atoms with Gasteiger partial charge in [-0.2, -0.15) is 0 Å². The summed E-state index contributed by atoms with van der Waals surface area (Å²) in [6.07, 6.45) is 3.26. The number of nitrogens with one attached hydrogen (secondary N) is 1. The van der Waals surface area contributed by atoms with E-state index in [9.17, 15) is 4.79 Å². The lowest BCUT2D eigenvalue weighted by Gasteiger charge is -2.24. The van der Waals surface area contributed by atoms with Gasteiger partial charge in [-0.15, -0.1) is 12.4 Å². The Labute approximate surface area is 84.6 Å². The monoisotopic (exact) mass is 205 g/mol. The first-order valence-electron chi connectivity index (χ1n) is 4.61. The van der Waals surface area contributed by atoms with Crippen LogP contribution in [0.1, 0.15) is 19.3 Å². The summed E-state index contributed by atoms with van der Waals surface area (Å²) in [7, 11) is 1.48. The lowest BCUT2D eigenvalue weighted by atomic mass is 9.82. The zero-order valence-corrected chi connectivity index (χ0v) is 8.60. The van der Waals surface area contributed by atoms with E-state index in [0.717, 1.165) is 19.4 Å². The molecule has 0 aromatic rings. The van der Waals surface area contributed by atoms with Crippen molar-refractivity contribution in [3.63, 3.8) is 0 Å². The van der Waals surface area contributed by atoms with Gasteiger partial charge in [-0.3, -0.25) is 4.79 Å². The predicted molar refractivity (Wildman–Crippen MR) is 51.9 cm³/mol. The fraction of sp³-hybridized carbons (Fsp3) is 0.889. The van der Waals surface area contributed by atoms with Gasteiger partial charge in [0.05, 0.1) is 13.0 Å². The van der Waals surface area contributed by atoms with E-state index in [-0.39, 0.29) is 24.3 Å². The van der Waals surface area contributed by atoms with Crippen molar-refractivity contribution in [1.29, 1.82) is 0 Å². The number of rotatable bonds is 1. The summed E-state index contributed by atoms with van der Waals surface area (Å²) in [6, 6.07) is 0.577. The molecule has 1 saturated heterocycles. The van der Waals surface area contributed by atoms with Crippen LogP contribution in [0.25, 0.3) is 0 Å². The summed E-state index contributed by atoms with van der Waals surface area (Å²) < 4.78 is 4.75. The minimum Gasteiger partial charge on any atom is -0.469 e. The topological polar surface area (TPSA) is 38.3 Å². The lowest BCUT2D eigenvalue weighted by Crippen LogP contribution is -2.29. The third kappa shape index (κ3) is 2.15. The van der Waals surface area contributed by atoms with Gasteiger partial charge >= 0.3 is 5.97 Å². The molecule has 2 fully saturated rings. The maximum atomic E-state index is 11.2. The van der Waals surface area contributed by atoms with Gasteiger partial charge in [0.2, 0.25) is 0 Å². The predicted octanol–water partition coefficient (Wildman–Crippen LogP) is 0.969. The van der Waals surface area contributed by atoms with Gasteiger partial charge in [0.25, 0.3) is 0 Å². The smallest absolute Gasteiger partial charge is 0.308 e. The average Bonchev–Trinajstić information content (AvgIpc) is 2.44. The molecule has 0 aromatic heterocycles. The first-order chi connectivity index (χ1) is 5.79. The first kappa shape index (κ1) is 10.8. The second kappa shape index (κ2) is 4.29. The third-order valence-corrected chi connectivity index (χ3v) is 3.03. The maximum Gasteiger partial charge on any atom is 0.308 e. The minimum absolute atomic E-state index is 0. The fourth-order valence-electron chi connectivity index (χ4n) is 2.46. The van der Waals surface area contributed by atoms with Gasteiger partial charge < -0.3 is 10.1 Å². The Morgan fingerprint density at radius 3 is 2.77 bits per heavy atom. The van der Waals surface area contributed by atoms with Gasteiger partial charge in [0, 0.05) is 6.04 Å². The Balaban J connectivity index is 0.000000845. The van der Waals surface area contributed by atoms with Crippen LogP contribution in [0.4, 0.5) is 0 Å². The highest BCUT2D eigenvalue weighted by Crippen LogP contribution is 2.33. The number of carbonyl (C=O) groups excluding carboxylic acids is 1. The van der Waals surface area contributed by atoms with E-state index in [1.807, 2.05) is 0 Å². The Morgan fingerprint density at radius 2 is 2.15 bits per heavy atom. The largest absolute Gasteiger partial charge is 0.469 e. The molecule has 1 aliphatic heterocycles. The van der Waals surface area contributed by atoms with Gasteiger partial charge in [-0.1, -0.05) is 0 Å². The lowest BCUT2D eigenvalue weighted by molar-refractivity contribution is -0.146. The molecule has 1 saturated carbocycles. The molecule has 0 radical (unpaired) electrons. The third-order valence-electron chi connectivity index (χ3n) is 3.03. The van der Waals surface area contributed by atoms with Crippen molar-refractivity contribution in [2.75, 3.05) is 13.7 Å².